The summed E-state index contributed by atoms with van der Waals surface area (Å²) in [5.74, 6) is 0.886. The van der Waals surface area contributed by atoms with E-state index >= 15 is 0 Å². The monoisotopic (exact) mass is 334 g/mol. The molecule has 25 heavy (non-hydrogen) atoms. The van der Waals surface area contributed by atoms with E-state index in [1.807, 2.05) is 0 Å². The van der Waals surface area contributed by atoms with E-state index < -0.39 is 0 Å². The third-order valence-corrected chi connectivity index (χ3v) is 5.95. The van der Waals surface area contributed by atoms with Gasteiger partial charge < -0.3 is 0 Å². The molecule has 0 N–H and O–H groups in total. The van der Waals surface area contributed by atoms with E-state index in [-0.39, 0.29) is 0 Å². The predicted molar refractivity (Wildman–Crippen MR) is 105 cm³/mol. The Labute approximate surface area is 152 Å². The van der Waals surface area contributed by atoms with Crippen LogP contribution in [0.25, 0.3) is 0 Å². The lowest BCUT2D eigenvalue weighted by Gasteiger charge is -2.47. The van der Waals surface area contributed by atoms with Crippen LogP contribution in [0.2, 0.25) is 0 Å². The Morgan fingerprint density at radius 2 is 1.36 bits per heavy atom. The molecule has 2 aromatic rings. The average molecular weight is 335 g/mol. The van der Waals surface area contributed by atoms with Crippen LogP contribution in [0.1, 0.15) is 43.9 Å². The van der Waals surface area contributed by atoms with E-state index in [1.54, 1.807) is 0 Å². The van der Waals surface area contributed by atoms with Crippen molar-refractivity contribution in [3.63, 3.8) is 0 Å². The van der Waals surface area contributed by atoms with Gasteiger partial charge in [0.25, 0.3) is 0 Å². The Balaban J connectivity index is 1.69. The van der Waals surface area contributed by atoms with Gasteiger partial charge in [-0.3, -0.25) is 9.80 Å². The average Bonchev–Trinajstić information content (AvgIpc) is 3.49. The van der Waals surface area contributed by atoms with Crippen molar-refractivity contribution in [1.82, 2.24) is 9.80 Å². The van der Waals surface area contributed by atoms with Crippen LogP contribution in [0, 0.1) is 5.92 Å². The van der Waals surface area contributed by atoms with Gasteiger partial charge in [0.05, 0.1) is 6.04 Å². The van der Waals surface area contributed by atoms with E-state index in [2.05, 4.69) is 84.3 Å². The minimum absolute atomic E-state index is 0.377. The van der Waals surface area contributed by atoms with Crippen molar-refractivity contribution in [2.75, 3.05) is 19.6 Å². The molecular weight excluding hydrogens is 304 g/mol. The first-order chi connectivity index (χ1) is 12.2. The summed E-state index contributed by atoms with van der Waals surface area (Å²) in [4.78, 5) is 5.48. The maximum atomic E-state index is 2.81. The maximum absolute atomic E-state index is 2.81. The van der Waals surface area contributed by atoms with Crippen LogP contribution in [0.5, 0.6) is 0 Å². The fraction of sp³-hybridized carbons (Fsp3) is 0.478. The summed E-state index contributed by atoms with van der Waals surface area (Å²) in [7, 11) is 0. The van der Waals surface area contributed by atoms with Crippen molar-refractivity contribution >= 4 is 0 Å². The highest BCUT2D eigenvalue weighted by molar-refractivity contribution is 5.32. The Morgan fingerprint density at radius 3 is 1.84 bits per heavy atom. The van der Waals surface area contributed by atoms with Crippen molar-refractivity contribution in [2.45, 2.75) is 44.8 Å². The molecule has 1 aliphatic heterocycles. The Bertz CT molecular complexity index is 624. The minimum atomic E-state index is 0.377. The molecule has 0 aromatic heterocycles. The van der Waals surface area contributed by atoms with Gasteiger partial charge in [-0.15, -0.1) is 0 Å². The van der Waals surface area contributed by atoms with Gasteiger partial charge in [-0.05, 0) is 43.7 Å². The first kappa shape index (κ1) is 16.8. The van der Waals surface area contributed by atoms with Crippen molar-refractivity contribution in [2.24, 2.45) is 5.92 Å². The summed E-state index contributed by atoms with van der Waals surface area (Å²) in [5.41, 5.74) is 2.86. The van der Waals surface area contributed by atoms with Gasteiger partial charge in [0.15, 0.2) is 0 Å². The first-order valence-corrected chi connectivity index (χ1v) is 9.83. The quantitative estimate of drug-likeness (QED) is 0.789. The van der Waals surface area contributed by atoms with E-state index in [9.17, 15) is 0 Å². The Morgan fingerprint density at radius 1 is 0.800 bits per heavy atom. The van der Waals surface area contributed by atoms with Crippen molar-refractivity contribution < 1.29 is 0 Å². The van der Waals surface area contributed by atoms with Crippen LogP contribution in [0.15, 0.2) is 60.7 Å². The number of rotatable bonds is 5. The van der Waals surface area contributed by atoms with Crippen molar-refractivity contribution in [3.8, 4) is 0 Å². The minimum Gasteiger partial charge on any atom is -0.298 e. The molecule has 2 aliphatic rings. The lowest BCUT2D eigenvalue weighted by atomic mass is 9.93. The summed E-state index contributed by atoms with van der Waals surface area (Å²) < 4.78 is 0. The first-order valence-electron chi connectivity index (χ1n) is 9.83. The molecule has 0 bridgehead atoms. The molecule has 2 fully saturated rings. The summed E-state index contributed by atoms with van der Waals surface area (Å²) in [6.45, 7) is 8.24. The Kier molecular flexibility index (Phi) is 4.91. The van der Waals surface area contributed by atoms with Gasteiger partial charge >= 0.3 is 0 Å². The molecule has 2 heteroatoms. The standard InChI is InChI=1S/C23H30N2/c1-18(2)24-15-16-25(22(17-24)19-13-14-19)23(20-9-5-3-6-10-20)21-11-7-4-8-12-21/h3-12,18-19,22-23H,13-17H2,1-2H3/t22-/m0/s1. The molecule has 0 unspecified atom stereocenters. The second-order valence-corrected chi connectivity index (χ2v) is 7.96. The third kappa shape index (κ3) is 3.65. The van der Waals surface area contributed by atoms with Crippen molar-refractivity contribution in [1.29, 1.82) is 0 Å². The molecule has 0 amide bonds. The number of nitrogens with zero attached hydrogens (tertiary/aromatic N) is 2. The fourth-order valence-electron chi connectivity index (χ4n) is 4.38. The highest BCUT2D eigenvalue weighted by Crippen LogP contribution is 2.42. The molecular formula is C23H30N2. The molecule has 0 spiro atoms. The maximum Gasteiger partial charge on any atom is 0.0605 e. The molecule has 4 rings (SSSR count). The van der Waals surface area contributed by atoms with E-state index in [4.69, 9.17) is 0 Å². The van der Waals surface area contributed by atoms with Crippen LogP contribution in [-0.4, -0.2) is 41.5 Å². The molecule has 1 heterocycles. The zero-order chi connectivity index (χ0) is 17.2. The van der Waals surface area contributed by atoms with Gasteiger partial charge in [-0.2, -0.15) is 0 Å². The smallest absolute Gasteiger partial charge is 0.0605 e. The summed E-state index contributed by atoms with van der Waals surface area (Å²) in [6, 6.07) is 23.9. The number of hydrogen-bond donors (Lipinski definition) is 0. The predicted octanol–water partition coefficient (Wildman–Crippen LogP) is 4.58. The molecule has 1 atom stereocenters. The molecule has 2 nitrogen and oxygen atoms in total. The SMILES string of the molecule is CC(C)N1CCN(C(c2ccccc2)c2ccccc2)[C@H](C2CC2)C1. The number of benzene rings is 2. The van der Waals surface area contributed by atoms with Gasteiger partial charge in [0.1, 0.15) is 0 Å². The highest BCUT2D eigenvalue weighted by Gasteiger charge is 2.42. The lowest BCUT2D eigenvalue weighted by Crippen LogP contribution is -2.56. The van der Waals surface area contributed by atoms with Crippen LogP contribution in [0.3, 0.4) is 0 Å². The third-order valence-electron chi connectivity index (χ3n) is 5.95. The molecule has 132 valence electrons. The Hall–Kier alpha value is -1.64. The molecule has 1 aliphatic carbocycles. The van der Waals surface area contributed by atoms with Crippen LogP contribution in [-0.2, 0) is 0 Å². The van der Waals surface area contributed by atoms with Gasteiger partial charge in [0, 0.05) is 31.7 Å². The zero-order valence-electron chi connectivity index (χ0n) is 15.5. The fourth-order valence-corrected chi connectivity index (χ4v) is 4.38. The molecule has 0 radical (unpaired) electrons. The normalized spacial score (nSPS) is 22.6. The second-order valence-electron chi connectivity index (χ2n) is 7.96. The van der Waals surface area contributed by atoms with Gasteiger partial charge in [0.2, 0.25) is 0 Å². The van der Waals surface area contributed by atoms with E-state index in [0.29, 0.717) is 18.1 Å². The zero-order valence-corrected chi connectivity index (χ0v) is 15.5. The molecule has 1 saturated carbocycles. The number of piperazine rings is 1. The lowest BCUT2D eigenvalue weighted by molar-refractivity contribution is 0.0266. The van der Waals surface area contributed by atoms with Crippen LogP contribution >= 0.6 is 0 Å². The second kappa shape index (κ2) is 7.31. The van der Waals surface area contributed by atoms with Crippen LogP contribution < -0.4 is 0 Å². The van der Waals surface area contributed by atoms with E-state index in [0.717, 1.165) is 12.5 Å². The largest absolute Gasteiger partial charge is 0.298 e. The van der Waals surface area contributed by atoms with Gasteiger partial charge in [-0.1, -0.05) is 60.7 Å². The van der Waals surface area contributed by atoms with Gasteiger partial charge in [-0.25, -0.2) is 0 Å². The van der Waals surface area contributed by atoms with Crippen molar-refractivity contribution in [3.05, 3.63) is 71.8 Å². The summed E-state index contributed by atoms with van der Waals surface area (Å²) in [6.07, 6.45) is 2.81. The molecule has 1 saturated heterocycles. The molecule has 2 aromatic carbocycles. The topological polar surface area (TPSA) is 6.48 Å². The summed E-state index contributed by atoms with van der Waals surface area (Å²) in [5, 5.41) is 0. The van der Waals surface area contributed by atoms with E-state index in [1.165, 1.54) is 37.1 Å². The summed E-state index contributed by atoms with van der Waals surface area (Å²) >= 11 is 0. The number of hydrogen-bond acceptors (Lipinski definition) is 2. The van der Waals surface area contributed by atoms with Crippen LogP contribution in [0.4, 0.5) is 0 Å². The highest BCUT2D eigenvalue weighted by atomic mass is 15.3.